The summed E-state index contributed by atoms with van der Waals surface area (Å²) < 4.78 is 20.6. The molecule has 4 aromatic rings. The minimum atomic E-state index is 0. The van der Waals surface area contributed by atoms with E-state index in [-0.39, 0.29) is 7.43 Å². The minimum absolute atomic E-state index is 0. The molecule has 0 spiro atoms. The van der Waals surface area contributed by atoms with Crippen LogP contribution in [0.15, 0.2) is 102 Å². The summed E-state index contributed by atoms with van der Waals surface area (Å²) in [7, 11) is 8.94. The molecule has 0 radical (unpaired) electrons. The summed E-state index contributed by atoms with van der Waals surface area (Å²) in [6.07, 6.45) is 18.0. The lowest BCUT2D eigenvalue weighted by molar-refractivity contribution is 0.0563. The van der Waals surface area contributed by atoms with Crippen molar-refractivity contribution in [1.29, 1.82) is 0 Å². The number of nitrogens with one attached hydrogen (secondary N) is 1. The van der Waals surface area contributed by atoms with E-state index in [1.165, 1.54) is 97.3 Å². The summed E-state index contributed by atoms with van der Waals surface area (Å²) in [6.45, 7) is 16.8. The zero-order chi connectivity index (χ0) is 45.1. The molecule has 1 saturated heterocycles. The van der Waals surface area contributed by atoms with Crippen LogP contribution in [-0.4, -0.2) is 78.5 Å². The maximum absolute atomic E-state index is 5.28. The number of thioether (sulfide) groups is 1. The number of rotatable bonds is 14. The van der Waals surface area contributed by atoms with Gasteiger partial charge in [-0.1, -0.05) is 110 Å². The van der Waals surface area contributed by atoms with Crippen LogP contribution < -0.4 is 14.8 Å². The highest BCUT2D eigenvalue weighted by molar-refractivity contribution is 7.98. The normalized spacial score (nSPS) is 16.3. The van der Waals surface area contributed by atoms with Crippen molar-refractivity contribution in [2.45, 2.75) is 143 Å². The Morgan fingerprint density at radius 3 is 1.37 bits per heavy atom. The zero-order valence-electron chi connectivity index (χ0n) is 40.6. The van der Waals surface area contributed by atoms with Gasteiger partial charge in [0.15, 0.2) is 0 Å². The summed E-state index contributed by atoms with van der Waals surface area (Å²) in [5, 5.41) is 3.08. The van der Waals surface area contributed by atoms with Gasteiger partial charge in [0.1, 0.15) is 11.5 Å². The third-order valence-corrected chi connectivity index (χ3v) is 12.0. The molecular weight excluding hydrogens is 785 g/mol. The molecule has 350 valence electrons. The highest BCUT2D eigenvalue weighted by atomic mass is 32.2. The summed E-state index contributed by atoms with van der Waals surface area (Å²) in [4.78, 5) is 3.81. The Labute approximate surface area is 386 Å². The van der Waals surface area contributed by atoms with E-state index in [0.717, 1.165) is 49.6 Å². The molecule has 1 saturated carbocycles. The van der Waals surface area contributed by atoms with E-state index in [1.807, 2.05) is 38.4 Å². The fraction of sp³-hybridized carbons (Fsp3) is 0.564. The Kier molecular flexibility index (Phi) is 35.9. The van der Waals surface area contributed by atoms with Crippen LogP contribution in [0, 0.1) is 5.92 Å². The minimum Gasteiger partial charge on any atom is -0.497 e. The molecule has 1 N–H and O–H groups in total. The Bertz CT molecular complexity index is 1360. The first kappa shape index (κ1) is 58.5. The monoisotopic (exact) mass is 875 g/mol. The highest BCUT2D eigenvalue weighted by Gasteiger charge is 2.20. The SMILES string of the molecule is C.CCC1CCC(OC)CC1.CCCN1CCC(OC)C1.CCCc1ccc(OC)cc1.CCc1ccc(NC)cc1.CCc1ccc(OC)cc1.CCc1ccc(SC)cc1. The van der Waals surface area contributed by atoms with Crippen LogP contribution in [0.25, 0.3) is 0 Å². The van der Waals surface area contributed by atoms with Gasteiger partial charge in [0.2, 0.25) is 0 Å². The maximum Gasteiger partial charge on any atom is 0.118 e. The van der Waals surface area contributed by atoms with E-state index in [2.05, 4.69) is 131 Å². The van der Waals surface area contributed by atoms with Gasteiger partial charge in [-0.05, 0) is 154 Å². The van der Waals surface area contributed by atoms with Crippen molar-refractivity contribution < 1.29 is 18.9 Å². The third kappa shape index (κ3) is 26.2. The number of benzene rings is 4. The fourth-order valence-corrected chi connectivity index (χ4v) is 7.40. The van der Waals surface area contributed by atoms with Crippen LogP contribution in [-0.2, 0) is 35.2 Å². The molecule has 1 unspecified atom stereocenters. The Hall–Kier alpha value is -3.49. The first-order valence-electron chi connectivity index (χ1n) is 23.1. The van der Waals surface area contributed by atoms with Crippen molar-refractivity contribution in [2.24, 2.45) is 5.92 Å². The molecule has 2 fully saturated rings. The quantitative estimate of drug-likeness (QED) is 0.127. The number of hydrogen-bond acceptors (Lipinski definition) is 7. The van der Waals surface area contributed by atoms with Crippen LogP contribution in [0.5, 0.6) is 11.5 Å². The van der Waals surface area contributed by atoms with Crippen molar-refractivity contribution in [3.63, 3.8) is 0 Å². The lowest BCUT2D eigenvalue weighted by atomic mass is 9.86. The van der Waals surface area contributed by atoms with E-state index in [9.17, 15) is 0 Å². The highest BCUT2D eigenvalue weighted by Crippen LogP contribution is 2.27. The molecule has 0 aromatic heterocycles. The molecule has 0 amide bonds. The number of anilines is 1. The van der Waals surface area contributed by atoms with Crippen LogP contribution in [0.1, 0.15) is 123 Å². The van der Waals surface area contributed by atoms with Crippen molar-refractivity contribution in [2.75, 3.05) is 66.7 Å². The zero-order valence-corrected chi connectivity index (χ0v) is 41.4. The van der Waals surface area contributed by atoms with Crippen molar-refractivity contribution in [3.8, 4) is 11.5 Å². The molecule has 6 rings (SSSR count). The van der Waals surface area contributed by atoms with E-state index in [4.69, 9.17) is 18.9 Å². The summed E-state index contributed by atoms with van der Waals surface area (Å²) >= 11 is 1.79. The van der Waals surface area contributed by atoms with E-state index < -0.39 is 0 Å². The van der Waals surface area contributed by atoms with Crippen molar-refractivity contribution >= 4 is 17.4 Å². The van der Waals surface area contributed by atoms with Gasteiger partial charge in [-0.15, -0.1) is 11.8 Å². The number of likely N-dealkylation sites (tertiary alicyclic amines) is 1. The van der Waals surface area contributed by atoms with Gasteiger partial charge in [0.25, 0.3) is 0 Å². The van der Waals surface area contributed by atoms with Crippen LogP contribution in [0.2, 0.25) is 0 Å². The molecule has 0 bridgehead atoms. The third-order valence-electron chi connectivity index (χ3n) is 11.3. The maximum atomic E-state index is 5.28. The standard InChI is InChI=1S/C10H14O.C9H13N.C9H18O.C9H12O.C9H12S.C8H17NO.CH4/c1-3-4-9-5-7-10(11-2)8-6-9;4*1-3-8-4-6-9(10-2)7-5-8;1-3-5-9-6-4-8(7-9)10-2;/h5-8H,3-4H2,1-2H3;4-7,10H,3H2,1-2H3;8-9H,3-7H2,1-2H3;2*4-7H,3H2,1-2H3;8H,3-7H2,1-2H3;1H4. The summed E-state index contributed by atoms with van der Waals surface area (Å²) in [5.41, 5.74) is 6.71. The van der Waals surface area contributed by atoms with Gasteiger partial charge in [0.05, 0.1) is 26.4 Å². The largest absolute Gasteiger partial charge is 0.497 e. The number of hydrogen-bond donors (Lipinski definition) is 1. The number of methoxy groups -OCH3 is 4. The molecule has 7 heteroatoms. The Morgan fingerprint density at radius 1 is 0.565 bits per heavy atom. The second kappa shape index (κ2) is 38.0. The van der Waals surface area contributed by atoms with E-state index in [1.54, 1.807) is 33.1 Å². The van der Waals surface area contributed by atoms with Gasteiger partial charge >= 0.3 is 0 Å². The molecule has 1 heterocycles. The Balaban J connectivity index is 0.000000718. The molecule has 62 heavy (non-hydrogen) atoms. The summed E-state index contributed by atoms with van der Waals surface area (Å²) in [5.74, 6) is 2.86. The summed E-state index contributed by atoms with van der Waals surface area (Å²) in [6, 6.07) is 33.6. The van der Waals surface area contributed by atoms with Gasteiger partial charge in [-0.25, -0.2) is 0 Å². The molecule has 6 nitrogen and oxygen atoms in total. The molecule has 1 aliphatic carbocycles. The first-order chi connectivity index (χ1) is 29.7. The lowest BCUT2D eigenvalue weighted by Crippen LogP contribution is -2.23. The van der Waals surface area contributed by atoms with Gasteiger partial charge in [-0.2, -0.15) is 0 Å². The molecular formula is C55H90N2O4S. The predicted molar refractivity (Wildman–Crippen MR) is 274 cm³/mol. The van der Waals surface area contributed by atoms with Crippen LogP contribution in [0.4, 0.5) is 5.69 Å². The van der Waals surface area contributed by atoms with Gasteiger partial charge < -0.3 is 29.2 Å². The van der Waals surface area contributed by atoms with Crippen molar-refractivity contribution in [3.05, 3.63) is 119 Å². The predicted octanol–water partition coefficient (Wildman–Crippen LogP) is 14.5. The van der Waals surface area contributed by atoms with E-state index >= 15 is 0 Å². The molecule has 1 aliphatic heterocycles. The molecule has 1 atom stereocenters. The van der Waals surface area contributed by atoms with E-state index in [0.29, 0.717) is 12.2 Å². The second-order valence-corrected chi connectivity index (χ2v) is 16.4. The average Bonchev–Trinajstić information content (AvgIpc) is 3.81. The topological polar surface area (TPSA) is 52.2 Å². The van der Waals surface area contributed by atoms with Gasteiger partial charge in [-0.3, -0.25) is 0 Å². The second-order valence-electron chi connectivity index (χ2n) is 15.5. The average molecular weight is 875 g/mol. The van der Waals surface area contributed by atoms with Gasteiger partial charge in [0, 0.05) is 44.9 Å². The molecule has 2 aliphatic rings. The van der Waals surface area contributed by atoms with Crippen molar-refractivity contribution in [1.82, 2.24) is 4.90 Å². The number of nitrogens with zero attached hydrogens (tertiary/aromatic N) is 1. The number of ether oxygens (including phenoxy) is 4. The smallest absolute Gasteiger partial charge is 0.118 e. The van der Waals surface area contributed by atoms with Crippen LogP contribution in [0.3, 0.4) is 0 Å². The van der Waals surface area contributed by atoms with Crippen LogP contribution >= 0.6 is 11.8 Å². The fourth-order valence-electron chi connectivity index (χ4n) is 7.00. The molecule has 4 aromatic carbocycles. The first-order valence-corrected chi connectivity index (χ1v) is 24.3. The lowest BCUT2D eigenvalue weighted by Gasteiger charge is -2.26. The Morgan fingerprint density at radius 2 is 1.02 bits per heavy atom. The number of aryl methyl sites for hydroxylation is 4.